The lowest BCUT2D eigenvalue weighted by atomic mass is 10.1. The lowest BCUT2D eigenvalue weighted by Gasteiger charge is -2.10. The first kappa shape index (κ1) is 15.2. The molecule has 0 aliphatic rings. The number of hydrogen-bond donors (Lipinski definition) is 2. The molecule has 1 aromatic carbocycles. The fraction of sp³-hybridized carbons (Fsp3) is 0.400. The molecular weight excluding hydrogens is 240 g/mol. The van der Waals surface area contributed by atoms with Crippen molar-refractivity contribution in [1.82, 2.24) is 10.6 Å². The van der Waals surface area contributed by atoms with Gasteiger partial charge in [-0.2, -0.15) is 0 Å². The third-order valence-corrected chi connectivity index (χ3v) is 2.57. The zero-order chi connectivity index (χ0) is 13.9. The van der Waals surface area contributed by atoms with Crippen molar-refractivity contribution >= 4 is 5.91 Å². The number of amides is 1. The maximum atomic E-state index is 11.5. The second-order valence-corrected chi connectivity index (χ2v) is 3.99. The van der Waals surface area contributed by atoms with E-state index in [1.165, 1.54) is 0 Å². The van der Waals surface area contributed by atoms with Crippen LogP contribution in [0.15, 0.2) is 24.3 Å². The molecule has 0 saturated heterocycles. The molecule has 0 atom stereocenters. The molecule has 4 nitrogen and oxygen atoms in total. The molecule has 0 bridgehead atoms. The smallest absolute Gasteiger partial charge is 0.234 e. The van der Waals surface area contributed by atoms with Gasteiger partial charge >= 0.3 is 0 Å². The van der Waals surface area contributed by atoms with E-state index in [1.807, 2.05) is 31.2 Å². The lowest BCUT2D eigenvalue weighted by molar-refractivity contribution is -0.120. The summed E-state index contributed by atoms with van der Waals surface area (Å²) >= 11 is 0. The van der Waals surface area contributed by atoms with E-state index in [-0.39, 0.29) is 12.5 Å². The van der Waals surface area contributed by atoms with Gasteiger partial charge in [-0.15, -0.1) is 6.42 Å². The summed E-state index contributed by atoms with van der Waals surface area (Å²) in [4.78, 5) is 11.5. The number of terminal acetylenes is 1. The van der Waals surface area contributed by atoms with E-state index in [4.69, 9.17) is 11.2 Å². The number of rotatable bonds is 8. The third-order valence-electron chi connectivity index (χ3n) is 2.57. The largest absolute Gasteiger partial charge is 0.377 e. The van der Waals surface area contributed by atoms with Gasteiger partial charge in [0.15, 0.2) is 0 Å². The van der Waals surface area contributed by atoms with E-state index in [1.54, 1.807) is 0 Å². The van der Waals surface area contributed by atoms with Crippen LogP contribution in [0.1, 0.15) is 18.1 Å². The first-order chi connectivity index (χ1) is 9.27. The zero-order valence-corrected chi connectivity index (χ0v) is 11.2. The van der Waals surface area contributed by atoms with E-state index in [0.717, 1.165) is 11.1 Å². The highest BCUT2D eigenvalue weighted by atomic mass is 16.5. The van der Waals surface area contributed by atoms with Crippen LogP contribution in [0, 0.1) is 12.3 Å². The van der Waals surface area contributed by atoms with E-state index >= 15 is 0 Å². The van der Waals surface area contributed by atoms with Gasteiger partial charge in [-0.3, -0.25) is 10.1 Å². The first-order valence-corrected chi connectivity index (χ1v) is 6.33. The average Bonchev–Trinajstić information content (AvgIpc) is 2.44. The molecule has 4 heteroatoms. The van der Waals surface area contributed by atoms with E-state index in [9.17, 15) is 4.79 Å². The maximum absolute atomic E-state index is 11.5. The lowest BCUT2D eigenvalue weighted by Crippen LogP contribution is -2.33. The predicted molar refractivity (Wildman–Crippen MR) is 75.3 cm³/mol. The van der Waals surface area contributed by atoms with Crippen LogP contribution >= 0.6 is 0 Å². The molecule has 0 aliphatic carbocycles. The van der Waals surface area contributed by atoms with Crippen LogP contribution in [0.5, 0.6) is 0 Å². The SMILES string of the molecule is C#CCNCC(=O)NCc1ccccc1COCC. The van der Waals surface area contributed by atoms with E-state index < -0.39 is 0 Å². The van der Waals surface area contributed by atoms with E-state index in [0.29, 0.717) is 26.3 Å². The number of carbonyl (C=O) groups excluding carboxylic acids is 1. The van der Waals surface area contributed by atoms with Crippen LogP contribution in [0.3, 0.4) is 0 Å². The van der Waals surface area contributed by atoms with Crippen LogP contribution in [0.2, 0.25) is 0 Å². The molecule has 0 spiro atoms. The minimum absolute atomic E-state index is 0.0681. The molecule has 1 aromatic rings. The standard InChI is InChI=1S/C15H20N2O2/c1-3-9-16-11-15(18)17-10-13-7-5-6-8-14(13)12-19-4-2/h1,5-8,16H,4,9-12H2,2H3,(H,17,18). The van der Waals surface area contributed by atoms with Gasteiger partial charge in [-0.05, 0) is 18.1 Å². The zero-order valence-electron chi connectivity index (χ0n) is 11.2. The molecule has 1 amide bonds. The summed E-state index contributed by atoms with van der Waals surface area (Å²) in [5.74, 6) is 2.35. The fourth-order valence-corrected chi connectivity index (χ4v) is 1.59. The van der Waals surface area contributed by atoms with Crippen molar-refractivity contribution in [1.29, 1.82) is 0 Å². The Morgan fingerprint density at radius 3 is 2.79 bits per heavy atom. The Morgan fingerprint density at radius 2 is 2.11 bits per heavy atom. The Balaban J connectivity index is 2.43. The van der Waals surface area contributed by atoms with Gasteiger partial charge in [0.25, 0.3) is 0 Å². The van der Waals surface area contributed by atoms with Gasteiger partial charge in [0.05, 0.1) is 19.7 Å². The number of benzene rings is 1. The summed E-state index contributed by atoms with van der Waals surface area (Å²) in [6.45, 7) is 4.34. The van der Waals surface area contributed by atoms with Gasteiger partial charge in [-0.1, -0.05) is 30.2 Å². The Morgan fingerprint density at radius 1 is 1.37 bits per heavy atom. The number of ether oxygens (including phenoxy) is 1. The van der Waals surface area contributed by atoms with Crippen LogP contribution in [-0.2, 0) is 22.7 Å². The third kappa shape index (κ3) is 6.05. The summed E-state index contributed by atoms with van der Waals surface area (Å²) < 4.78 is 5.40. The summed E-state index contributed by atoms with van der Waals surface area (Å²) in [5, 5.41) is 5.70. The molecule has 19 heavy (non-hydrogen) atoms. The van der Waals surface area contributed by atoms with Gasteiger partial charge in [0.2, 0.25) is 5.91 Å². The second kappa shape index (κ2) is 9.15. The van der Waals surface area contributed by atoms with Crippen LogP contribution in [-0.4, -0.2) is 25.6 Å². The summed E-state index contributed by atoms with van der Waals surface area (Å²) in [6, 6.07) is 7.92. The van der Waals surface area contributed by atoms with Crippen LogP contribution < -0.4 is 10.6 Å². The Bertz CT molecular complexity index is 438. The van der Waals surface area contributed by atoms with Crippen molar-refractivity contribution in [2.24, 2.45) is 0 Å². The van der Waals surface area contributed by atoms with Crippen molar-refractivity contribution in [2.75, 3.05) is 19.7 Å². The van der Waals surface area contributed by atoms with E-state index in [2.05, 4.69) is 16.6 Å². The molecule has 0 radical (unpaired) electrons. The van der Waals surface area contributed by atoms with Crippen molar-refractivity contribution < 1.29 is 9.53 Å². The minimum Gasteiger partial charge on any atom is -0.377 e. The number of nitrogens with one attached hydrogen (secondary N) is 2. The normalized spacial score (nSPS) is 9.89. The van der Waals surface area contributed by atoms with Crippen molar-refractivity contribution in [3.05, 3.63) is 35.4 Å². The number of hydrogen-bond acceptors (Lipinski definition) is 3. The van der Waals surface area contributed by atoms with Crippen LogP contribution in [0.4, 0.5) is 0 Å². The molecule has 0 aromatic heterocycles. The van der Waals surface area contributed by atoms with Crippen molar-refractivity contribution in [3.63, 3.8) is 0 Å². The molecule has 0 heterocycles. The van der Waals surface area contributed by atoms with Crippen LogP contribution in [0.25, 0.3) is 0 Å². The molecule has 102 valence electrons. The Hall–Kier alpha value is -1.83. The average molecular weight is 260 g/mol. The highest BCUT2D eigenvalue weighted by Crippen LogP contribution is 2.09. The molecule has 1 rings (SSSR count). The quantitative estimate of drug-likeness (QED) is 0.543. The topological polar surface area (TPSA) is 50.4 Å². The van der Waals surface area contributed by atoms with Gasteiger partial charge in [0.1, 0.15) is 0 Å². The highest BCUT2D eigenvalue weighted by molar-refractivity contribution is 5.78. The second-order valence-electron chi connectivity index (χ2n) is 3.99. The molecule has 0 unspecified atom stereocenters. The fourth-order valence-electron chi connectivity index (χ4n) is 1.59. The first-order valence-electron chi connectivity index (χ1n) is 6.33. The Labute approximate surface area is 114 Å². The van der Waals surface area contributed by atoms with Crippen molar-refractivity contribution in [3.8, 4) is 12.3 Å². The maximum Gasteiger partial charge on any atom is 0.234 e. The molecule has 0 aliphatic heterocycles. The van der Waals surface area contributed by atoms with Gasteiger partial charge in [0, 0.05) is 13.2 Å². The molecule has 0 saturated carbocycles. The molecule has 2 N–H and O–H groups in total. The highest BCUT2D eigenvalue weighted by Gasteiger charge is 2.04. The summed E-state index contributed by atoms with van der Waals surface area (Å²) in [7, 11) is 0. The predicted octanol–water partition coefficient (Wildman–Crippen LogP) is 1.06. The monoisotopic (exact) mass is 260 g/mol. The van der Waals surface area contributed by atoms with Gasteiger partial charge in [-0.25, -0.2) is 0 Å². The summed E-state index contributed by atoms with van der Waals surface area (Å²) in [5.41, 5.74) is 2.17. The minimum atomic E-state index is -0.0681. The molecule has 0 fully saturated rings. The van der Waals surface area contributed by atoms with Gasteiger partial charge < -0.3 is 10.1 Å². The Kier molecular flexibility index (Phi) is 7.33. The number of carbonyl (C=O) groups is 1. The summed E-state index contributed by atoms with van der Waals surface area (Å²) in [6.07, 6.45) is 5.09. The molecular formula is C15H20N2O2. The van der Waals surface area contributed by atoms with Crippen molar-refractivity contribution in [2.45, 2.75) is 20.1 Å².